The molecule has 0 heterocycles. The number of aliphatic carboxylic acids is 1. The van der Waals surface area contributed by atoms with Crippen molar-refractivity contribution in [1.29, 1.82) is 0 Å². The molecule has 0 aliphatic carbocycles. The average Bonchev–Trinajstić information content (AvgIpc) is 2.16. The SMILES string of the molecule is C=CC(=O)OCC[N+](C)(C)C.C=CC(=O)[O-].[Cl-].[Na+]. The van der Waals surface area contributed by atoms with Crippen LogP contribution in [-0.4, -0.2) is 50.7 Å². The molecule has 0 aliphatic rings. The Hall–Kier alpha value is -0.330. The number of hydrogen-bond donors (Lipinski definition) is 0. The monoisotopic (exact) mass is 287 g/mol. The second-order valence-corrected chi connectivity index (χ2v) is 3.91. The molecule has 18 heavy (non-hydrogen) atoms. The molecule has 0 bridgehead atoms. The summed E-state index contributed by atoms with van der Waals surface area (Å²) in [6, 6.07) is 0. The third-order valence-corrected chi connectivity index (χ3v) is 1.34. The number of carbonyl (C=O) groups excluding carboxylic acids is 2. The van der Waals surface area contributed by atoms with Gasteiger partial charge in [-0.15, -0.1) is 0 Å². The Labute approximate surface area is 137 Å². The van der Waals surface area contributed by atoms with E-state index < -0.39 is 5.97 Å². The number of carboxylic acid groups (broad SMARTS) is 1. The second-order valence-electron chi connectivity index (χ2n) is 3.91. The topological polar surface area (TPSA) is 66.4 Å². The minimum Gasteiger partial charge on any atom is -1.00 e. The Morgan fingerprint density at radius 2 is 1.61 bits per heavy atom. The van der Waals surface area contributed by atoms with E-state index in [-0.39, 0.29) is 47.9 Å². The first-order valence-electron chi connectivity index (χ1n) is 4.66. The van der Waals surface area contributed by atoms with Crippen LogP contribution < -0.4 is 47.1 Å². The van der Waals surface area contributed by atoms with Crippen molar-refractivity contribution < 1.29 is 65.9 Å². The zero-order valence-corrected chi connectivity index (χ0v) is 14.2. The third-order valence-electron chi connectivity index (χ3n) is 1.34. The molecule has 0 fully saturated rings. The van der Waals surface area contributed by atoms with Gasteiger partial charge in [0.25, 0.3) is 0 Å². The van der Waals surface area contributed by atoms with E-state index in [1.54, 1.807) is 0 Å². The van der Waals surface area contributed by atoms with Gasteiger partial charge < -0.3 is 31.5 Å². The van der Waals surface area contributed by atoms with Crippen LogP contribution in [0.4, 0.5) is 0 Å². The van der Waals surface area contributed by atoms with Crippen molar-refractivity contribution in [3.05, 3.63) is 25.3 Å². The van der Waals surface area contributed by atoms with Gasteiger partial charge in [-0.25, -0.2) is 4.79 Å². The molecule has 0 atom stereocenters. The molecular weight excluding hydrogens is 269 g/mol. The molecule has 0 saturated heterocycles. The standard InChI is InChI=1S/C8H16NO2.C3H4O2.ClH.Na/c1-5-8(10)11-7-6-9(2,3)4;1-2-3(4)5;;/h5H,1,6-7H2,2-4H3;2H,1H2,(H,4,5);1H;/q+1;;;+1/p-2. The minimum atomic E-state index is -1.23. The van der Waals surface area contributed by atoms with Gasteiger partial charge in [-0.2, -0.15) is 0 Å². The number of ether oxygens (including phenoxy) is 1. The van der Waals surface area contributed by atoms with Gasteiger partial charge in [-0.1, -0.05) is 13.2 Å². The van der Waals surface area contributed by atoms with Gasteiger partial charge >= 0.3 is 35.5 Å². The molecule has 0 spiro atoms. The molecule has 0 N–H and O–H groups in total. The maximum Gasteiger partial charge on any atom is 1.00 e. The Bertz CT molecular complexity index is 264. The molecule has 0 radical (unpaired) electrons. The largest absolute Gasteiger partial charge is 1.00 e. The normalized spacial score (nSPS) is 8.39. The van der Waals surface area contributed by atoms with E-state index in [0.717, 1.165) is 17.1 Å². The number of nitrogens with zero attached hydrogens (tertiary/aromatic N) is 1. The summed E-state index contributed by atoms with van der Waals surface area (Å²) in [7, 11) is 6.13. The zero-order valence-electron chi connectivity index (χ0n) is 11.4. The van der Waals surface area contributed by atoms with Crippen molar-refractivity contribution >= 4 is 11.9 Å². The van der Waals surface area contributed by atoms with Crippen LogP contribution >= 0.6 is 0 Å². The summed E-state index contributed by atoms with van der Waals surface area (Å²) in [4.78, 5) is 19.7. The number of hydrogen-bond acceptors (Lipinski definition) is 4. The van der Waals surface area contributed by atoms with Gasteiger partial charge in [0.1, 0.15) is 13.2 Å². The molecule has 0 unspecified atom stereocenters. The van der Waals surface area contributed by atoms with Gasteiger partial charge in [0.2, 0.25) is 0 Å². The third kappa shape index (κ3) is 29.6. The first-order chi connectivity index (χ1) is 7.22. The van der Waals surface area contributed by atoms with Crippen molar-refractivity contribution in [2.45, 2.75) is 0 Å². The van der Waals surface area contributed by atoms with Crippen molar-refractivity contribution in [2.75, 3.05) is 34.3 Å². The van der Waals surface area contributed by atoms with Crippen LogP contribution in [0.15, 0.2) is 25.3 Å². The van der Waals surface area contributed by atoms with Crippen molar-refractivity contribution in [1.82, 2.24) is 0 Å². The molecule has 0 aromatic heterocycles. The van der Waals surface area contributed by atoms with E-state index in [4.69, 9.17) is 14.6 Å². The van der Waals surface area contributed by atoms with E-state index in [2.05, 4.69) is 13.2 Å². The quantitative estimate of drug-likeness (QED) is 0.218. The summed E-state index contributed by atoms with van der Waals surface area (Å²) in [6.07, 6.45) is 1.90. The molecule has 0 aliphatic heterocycles. The molecule has 0 rings (SSSR count). The number of quaternary nitrogens is 1. The molecule has 0 aromatic rings. The average molecular weight is 288 g/mol. The summed E-state index contributed by atoms with van der Waals surface area (Å²) in [5.74, 6) is -1.58. The van der Waals surface area contributed by atoms with Gasteiger partial charge in [0.05, 0.1) is 27.1 Å². The van der Waals surface area contributed by atoms with Crippen LogP contribution in [-0.2, 0) is 14.3 Å². The van der Waals surface area contributed by atoms with Crippen LogP contribution in [0.1, 0.15) is 0 Å². The maximum atomic E-state index is 10.6. The predicted molar refractivity (Wildman–Crippen MR) is 59.3 cm³/mol. The predicted octanol–water partition coefficient (Wildman–Crippen LogP) is -6.65. The first kappa shape index (κ1) is 26.3. The Morgan fingerprint density at radius 3 is 1.83 bits per heavy atom. The van der Waals surface area contributed by atoms with E-state index in [1.165, 1.54) is 6.08 Å². The van der Waals surface area contributed by atoms with Crippen LogP contribution in [0, 0.1) is 0 Å². The van der Waals surface area contributed by atoms with E-state index >= 15 is 0 Å². The minimum absolute atomic E-state index is 0. The fourth-order valence-corrected chi connectivity index (χ4v) is 0.479. The van der Waals surface area contributed by atoms with E-state index in [9.17, 15) is 4.79 Å². The van der Waals surface area contributed by atoms with E-state index in [1.807, 2.05) is 21.1 Å². The smallest absolute Gasteiger partial charge is 1.00 e. The summed E-state index contributed by atoms with van der Waals surface area (Å²) in [5, 5.41) is 9.14. The van der Waals surface area contributed by atoms with Gasteiger partial charge in [0.15, 0.2) is 0 Å². The Morgan fingerprint density at radius 1 is 1.22 bits per heavy atom. The summed E-state index contributed by atoms with van der Waals surface area (Å²) in [5.41, 5.74) is 0. The summed E-state index contributed by atoms with van der Waals surface area (Å²) < 4.78 is 5.59. The fraction of sp³-hybridized carbons (Fsp3) is 0.455. The maximum absolute atomic E-state index is 10.6. The van der Waals surface area contributed by atoms with Crippen molar-refractivity contribution in [3.63, 3.8) is 0 Å². The number of likely N-dealkylation sites (N-methyl/N-ethyl adjacent to an activating group) is 1. The fourth-order valence-electron chi connectivity index (χ4n) is 0.479. The molecule has 7 heteroatoms. The van der Waals surface area contributed by atoms with Gasteiger partial charge in [-0.3, -0.25) is 0 Å². The van der Waals surface area contributed by atoms with Crippen LogP contribution in [0.3, 0.4) is 0 Å². The summed E-state index contributed by atoms with van der Waals surface area (Å²) in [6.45, 7) is 7.47. The Kier molecular flexibility index (Phi) is 21.5. The first-order valence-corrected chi connectivity index (χ1v) is 4.66. The van der Waals surface area contributed by atoms with Crippen molar-refractivity contribution in [3.8, 4) is 0 Å². The number of esters is 1. The molecule has 0 saturated carbocycles. The summed E-state index contributed by atoms with van der Waals surface area (Å²) >= 11 is 0. The molecular formula is C11H19ClNNaO4. The second kappa shape index (κ2) is 14.7. The molecule has 100 valence electrons. The number of carboxylic acids is 1. The van der Waals surface area contributed by atoms with E-state index in [0.29, 0.717) is 6.61 Å². The number of rotatable bonds is 5. The van der Waals surface area contributed by atoms with Crippen molar-refractivity contribution in [2.24, 2.45) is 0 Å². The molecule has 0 aromatic carbocycles. The van der Waals surface area contributed by atoms with Gasteiger partial charge in [-0.05, 0) is 6.08 Å². The molecule has 5 nitrogen and oxygen atoms in total. The number of carbonyl (C=O) groups is 2. The number of halogens is 1. The van der Waals surface area contributed by atoms with Crippen LogP contribution in [0.25, 0.3) is 0 Å². The molecule has 0 amide bonds. The van der Waals surface area contributed by atoms with Crippen LogP contribution in [0.5, 0.6) is 0 Å². The van der Waals surface area contributed by atoms with Gasteiger partial charge in [0, 0.05) is 6.08 Å². The van der Waals surface area contributed by atoms with Crippen LogP contribution in [0.2, 0.25) is 0 Å². The zero-order chi connectivity index (χ0) is 13.2. The Balaban J connectivity index is -0.000000122.